The predicted molar refractivity (Wildman–Crippen MR) is 366 cm³/mol. The van der Waals surface area contributed by atoms with Crippen LogP contribution in [0.5, 0.6) is 0 Å². The van der Waals surface area contributed by atoms with Gasteiger partial charge < -0.3 is 0 Å². The SMILES string of the molecule is CC1(C)c2ccccc2-c2c(-c3ccc4c5ccc(-c6cccc7c6-c6ccccc6C7(C)C)cc5c5c6cc(-c7cccc8c7-c7ccccc7C8(C)C)ccc6c6ccc(-c7cccc8c7-c7ccccc7C8(C)C)cc6c5c4c3)cccc21. The van der Waals surface area contributed by atoms with Crippen LogP contribution in [0.4, 0.5) is 0 Å². The Labute approximate surface area is 504 Å². The van der Waals surface area contributed by atoms with Gasteiger partial charge in [0.05, 0.1) is 0 Å². The van der Waals surface area contributed by atoms with E-state index in [0.717, 1.165) is 0 Å². The fourth-order valence-corrected chi connectivity index (χ4v) is 17.4. The van der Waals surface area contributed by atoms with E-state index in [9.17, 15) is 0 Å². The van der Waals surface area contributed by atoms with E-state index in [4.69, 9.17) is 0 Å². The molecule has 4 aliphatic rings. The van der Waals surface area contributed by atoms with Crippen LogP contribution in [0.3, 0.4) is 0 Å². The summed E-state index contributed by atoms with van der Waals surface area (Å²) in [6, 6.07) is 94.3. The zero-order valence-electron chi connectivity index (χ0n) is 50.1. The van der Waals surface area contributed by atoms with Crippen LogP contribution in [0.2, 0.25) is 0 Å². The van der Waals surface area contributed by atoms with Crippen molar-refractivity contribution in [1.82, 2.24) is 0 Å². The van der Waals surface area contributed by atoms with Gasteiger partial charge in [0, 0.05) is 21.7 Å². The van der Waals surface area contributed by atoms with Gasteiger partial charge in [0.1, 0.15) is 0 Å². The molecular formula is C86H64. The van der Waals surface area contributed by atoms with Crippen molar-refractivity contribution < 1.29 is 0 Å². The number of hydrogen-bond acceptors (Lipinski definition) is 0. The van der Waals surface area contributed by atoms with E-state index in [-0.39, 0.29) is 21.7 Å². The fraction of sp³-hybridized carbons (Fsp3) is 0.140. The maximum absolute atomic E-state index is 2.57. The lowest BCUT2D eigenvalue weighted by Gasteiger charge is -2.22. The average Bonchev–Trinajstić information content (AvgIpc) is 1.36. The van der Waals surface area contributed by atoms with E-state index in [1.54, 1.807) is 0 Å². The van der Waals surface area contributed by atoms with Crippen molar-refractivity contribution in [3.05, 3.63) is 287 Å². The van der Waals surface area contributed by atoms with Crippen LogP contribution >= 0.6 is 0 Å². The van der Waals surface area contributed by atoms with Gasteiger partial charge in [0.25, 0.3) is 0 Å². The first-order valence-corrected chi connectivity index (χ1v) is 31.0. The molecule has 0 N–H and O–H groups in total. The molecule has 0 radical (unpaired) electrons. The molecule has 14 aromatic rings. The Morgan fingerprint density at radius 2 is 0.372 bits per heavy atom. The van der Waals surface area contributed by atoms with Crippen LogP contribution in [0.25, 0.3) is 143 Å². The molecular weight excluding hydrogens is 1030 g/mol. The lowest BCUT2D eigenvalue weighted by Crippen LogP contribution is -2.14. The molecule has 0 aromatic heterocycles. The molecule has 0 amide bonds. The summed E-state index contributed by atoms with van der Waals surface area (Å²) >= 11 is 0. The van der Waals surface area contributed by atoms with Crippen LogP contribution in [0, 0.1) is 0 Å². The Morgan fingerprint density at radius 3 is 0.605 bits per heavy atom. The van der Waals surface area contributed by atoms with Crippen LogP contribution < -0.4 is 0 Å². The molecule has 0 heteroatoms. The Bertz CT molecular complexity index is 4730. The van der Waals surface area contributed by atoms with Gasteiger partial charge in [0.15, 0.2) is 0 Å². The second-order valence-corrected chi connectivity index (χ2v) is 27.4. The lowest BCUT2D eigenvalue weighted by molar-refractivity contribution is 0.660. The fourth-order valence-electron chi connectivity index (χ4n) is 17.4. The third-order valence-corrected chi connectivity index (χ3v) is 21.7. The number of benzene rings is 14. The third-order valence-electron chi connectivity index (χ3n) is 21.7. The van der Waals surface area contributed by atoms with Crippen molar-refractivity contribution in [2.45, 2.75) is 77.0 Å². The van der Waals surface area contributed by atoms with E-state index in [2.05, 4.69) is 298 Å². The molecule has 0 saturated heterocycles. The molecule has 0 bridgehead atoms. The summed E-state index contributed by atoms with van der Waals surface area (Å²) < 4.78 is 0. The highest BCUT2D eigenvalue weighted by Crippen LogP contribution is 2.58. The highest BCUT2D eigenvalue weighted by atomic mass is 14.4. The van der Waals surface area contributed by atoms with Gasteiger partial charge in [-0.3, -0.25) is 0 Å². The highest BCUT2D eigenvalue weighted by molar-refractivity contribution is 6.40. The summed E-state index contributed by atoms with van der Waals surface area (Å²) in [7, 11) is 0. The van der Waals surface area contributed by atoms with Crippen molar-refractivity contribution in [2.24, 2.45) is 0 Å². The third kappa shape index (κ3) is 6.39. The first-order valence-electron chi connectivity index (χ1n) is 31.0. The van der Waals surface area contributed by atoms with Gasteiger partial charge in [-0.15, -0.1) is 0 Å². The molecule has 86 heavy (non-hydrogen) atoms. The van der Waals surface area contributed by atoms with Crippen molar-refractivity contribution in [3.8, 4) is 89.0 Å². The number of rotatable bonds is 4. The molecule has 14 aromatic carbocycles. The summed E-state index contributed by atoms with van der Waals surface area (Å²) in [6.45, 7) is 19.2. The van der Waals surface area contributed by atoms with Gasteiger partial charge in [-0.1, -0.05) is 274 Å². The molecule has 0 saturated carbocycles. The van der Waals surface area contributed by atoms with Crippen molar-refractivity contribution in [1.29, 1.82) is 0 Å². The number of fused-ring (bicyclic) bond motifs is 23. The molecule has 0 aliphatic heterocycles. The first-order chi connectivity index (χ1) is 41.7. The van der Waals surface area contributed by atoms with Crippen molar-refractivity contribution in [3.63, 3.8) is 0 Å². The maximum Gasteiger partial charge on any atom is 0.0159 e. The molecule has 408 valence electrons. The molecule has 0 nitrogen and oxygen atoms in total. The Hall–Kier alpha value is -9.62. The van der Waals surface area contributed by atoms with Gasteiger partial charge in [-0.05, 0) is 212 Å². The van der Waals surface area contributed by atoms with E-state index in [0.29, 0.717) is 0 Å². The van der Waals surface area contributed by atoms with Gasteiger partial charge in [-0.2, -0.15) is 0 Å². The van der Waals surface area contributed by atoms with Crippen molar-refractivity contribution >= 4 is 53.9 Å². The van der Waals surface area contributed by atoms with Gasteiger partial charge in [-0.25, -0.2) is 0 Å². The summed E-state index contributed by atoms with van der Waals surface area (Å²) in [5.74, 6) is 0. The monoisotopic (exact) mass is 1100 g/mol. The maximum atomic E-state index is 2.57. The normalized spacial score (nSPS) is 15.6. The highest BCUT2D eigenvalue weighted by Gasteiger charge is 2.41. The first kappa shape index (κ1) is 49.8. The zero-order chi connectivity index (χ0) is 57.9. The smallest absolute Gasteiger partial charge is 0.0159 e. The molecule has 18 rings (SSSR count). The summed E-state index contributed by atoms with van der Waals surface area (Å²) in [6.07, 6.45) is 0. The number of hydrogen-bond donors (Lipinski definition) is 0. The Kier molecular flexibility index (Phi) is 9.87. The van der Waals surface area contributed by atoms with Crippen LogP contribution in [-0.2, 0) is 21.7 Å². The van der Waals surface area contributed by atoms with Crippen LogP contribution in [0.15, 0.2) is 243 Å². The Morgan fingerprint density at radius 1 is 0.174 bits per heavy atom. The second-order valence-electron chi connectivity index (χ2n) is 27.4. The lowest BCUT2D eigenvalue weighted by atomic mass is 9.80. The van der Waals surface area contributed by atoms with E-state index in [1.807, 2.05) is 0 Å². The van der Waals surface area contributed by atoms with Crippen LogP contribution in [-0.4, -0.2) is 0 Å². The van der Waals surface area contributed by atoms with E-state index in [1.165, 1.54) is 187 Å². The minimum Gasteiger partial charge on any atom is -0.0619 e. The van der Waals surface area contributed by atoms with E-state index >= 15 is 0 Å². The predicted octanol–water partition coefficient (Wildman–Crippen LogP) is 23.3. The zero-order valence-corrected chi connectivity index (χ0v) is 50.1. The quantitative estimate of drug-likeness (QED) is 0.154. The minimum atomic E-state index is -0.122. The summed E-state index contributed by atoms with van der Waals surface area (Å²) in [5.41, 5.74) is 31.4. The Balaban J connectivity index is 1.00. The second kappa shape index (κ2) is 17.1. The minimum absolute atomic E-state index is 0.122. The largest absolute Gasteiger partial charge is 0.0619 e. The molecule has 0 atom stereocenters. The molecule has 0 heterocycles. The van der Waals surface area contributed by atoms with Crippen LogP contribution in [0.1, 0.15) is 99.9 Å². The molecule has 0 spiro atoms. The molecule has 0 fully saturated rings. The molecule has 4 aliphatic carbocycles. The summed E-state index contributed by atoms with van der Waals surface area (Å²) in [5, 5.41) is 12.7. The van der Waals surface area contributed by atoms with Gasteiger partial charge >= 0.3 is 0 Å². The molecule has 0 unspecified atom stereocenters. The summed E-state index contributed by atoms with van der Waals surface area (Å²) in [4.78, 5) is 0. The van der Waals surface area contributed by atoms with E-state index < -0.39 is 0 Å². The van der Waals surface area contributed by atoms with Gasteiger partial charge in [0.2, 0.25) is 0 Å². The standard InChI is InChI=1S/C86H64/c1-83(2)69-29-13-9-21-61(69)77-53(25-17-33-73(77)83)49-37-41-57-58-42-38-51(55-27-19-35-75-79(55)63-23-11-15-31-71(63)85(75,5)6)47-67(58)82-68-48-52(56-28-20-36-76-80(56)64-24-12-16-32-72(64)86(76,7)8)40-44-60(68)59-43-39-50(46-66(59)81(82)65(57)45-49)54-26-18-34-74-78(54)62-22-10-14-30-70(62)84(74,3)4/h9-48H,1-8H3. The topological polar surface area (TPSA) is 0 Å². The van der Waals surface area contributed by atoms with Crippen molar-refractivity contribution in [2.75, 3.05) is 0 Å². The average molecular weight is 1100 g/mol.